The smallest absolute Gasteiger partial charge is 0.337 e. The molecule has 1 heterocycles. The summed E-state index contributed by atoms with van der Waals surface area (Å²) in [6, 6.07) is 1.33. The Balaban J connectivity index is 0.000000921. The molecule has 5 N–H and O–H groups in total. The maximum absolute atomic E-state index is 10.5. The lowest BCUT2D eigenvalue weighted by molar-refractivity contribution is 0.0696. The maximum Gasteiger partial charge on any atom is 0.337 e. The first kappa shape index (κ1) is 12.9. The van der Waals surface area contributed by atoms with Gasteiger partial charge in [0.15, 0.2) is 5.96 Å². The van der Waals surface area contributed by atoms with Crippen molar-refractivity contribution >= 4 is 17.6 Å². The molecule has 6 heteroatoms. The van der Waals surface area contributed by atoms with Crippen molar-refractivity contribution in [3.8, 4) is 0 Å². The summed E-state index contributed by atoms with van der Waals surface area (Å²) in [7, 11) is 0. The van der Waals surface area contributed by atoms with Gasteiger partial charge in [0.05, 0.1) is 17.4 Å². The second kappa shape index (κ2) is 6.36. The van der Waals surface area contributed by atoms with E-state index in [1.165, 1.54) is 18.5 Å². The first-order valence-corrected chi connectivity index (χ1v) is 4.37. The van der Waals surface area contributed by atoms with Crippen molar-refractivity contribution in [1.82, 2.24) is 4.98 Å². The third-order valence-corrected chi connectivity index (χ3v) is 1.23. The van der Waals surface area contributed by atoms with Crippen molar-refractivity contribution < 1.29 is 9.90 Å². The van der Waals surface area contributed by atoms with Crippen molar-refractivity contribution in [2.24, 2.45) is 16.5 Å². The van der Waals surface area contributed by atoms with Crippen LogP contribution in [-0.2, 0) is 0 Å². The van der Waals surface area contributed by atoms with Crippen LogP contribution in [0.4, 0.5) is 5.69 Å². The fourth-order valence-corrected chi connectivity index (χ4v) is 0.755. The SMILES string of the molecule is CC.NC(N)=Nc1cncc(C(=O)O)c1. The molecule has 1 aromatic rings. The van der Waals surface area contributed by atoms with Gasteiger partial charge in [-0.15, -0.1) is 0 Å². The zero-order valence-corrected chi connectivity index (χ0v) is 8.64. The van der Waals surface area contributed by atoms with Crippen LogP contribution >= 0.6 is 0 Å². The first-order valence-electron chi connectivity index (χ1n) is 4.37. The van der Waals surface area contributed by atoms with E-state index in [4.69, 9.17) is 16.6 Å². The van der Waals surface area contributed by atoms with Crippen LogP contribution in [-0.4, -0.2) is 22.0 Å². The average molecular weight is 210 g/mol. The average Bonchev–Trinajstić information content (AvgIpc) is 2.20. The van der Waals surface area contributed by atoms with Crippen LogP contribution in [0, 0.1) is 0 Å². The number of aliphatic imine (C=N–C) groups is 1. The summed E-state index contributed by atoms with van der Waals surface area (Å²) < 4.78 is 0. The molecule has 82 valence electrons. The van der Waals surface area contributed by atoms with Gasteiger partial charge in [0, 0.05) is 6.20 Å². The molecule has 0 aliphatic carbocycles. The highest BCUT2D eigenvalue weighted by atomic mass is 16.4. The van der Waals surface area contributed by atoms with Crippen LogP contribution < -0.4 is 11.5 Å². The minimum atomic E-state index is -1.07. The Kier molecular flexibility index (Phi) is 5.47. The monoisotopic (exact) mass is 210 g/mol. The molecule has 0 spiro atoms. The molecule has 0 aliphatic heterocycles. The fraction of sp³-hybridized carbons (Fsp3) is 0.222. The lowest BCUT2D eigenvalue weighted by Gasteiger charge is -1.96. The van der Waals surface area contributed by atoms with Crippen LogP contribution in [0.1, 0.15) is 24.2 Å². The molecule has 15 heavy (non-hydrogen) atoms. The highest BCUT2D eigenvalue weighted by molar-refractivity contribution is 5.88. The molecule has 0 radical (unpaired) electrons. The van der Waals surface area contributed by atoms with E-state index in [1.54, 1.807) is 0 Å². The van der Waals surface area contributed by atoms with Crippen LogP contribution in [0.5, 0.6) is 0 Å². The largest absolute Gasteiger partial charge is 0.478 e. The number of carboxylic acid groups (broad SMARTS) is 1. The Labute approximate surface area is 87.6 Å². The molecule has 0 unspecified atom stereocenters. The number of guanidine groups is 1. The molecule has 0 fully saturated rings. The zero-order valence-electron chi connectivity index (χ0n) is 8.64. The summed E-state index contributed by atoms with van der Waals surface area (Å²) in [5.41, 5.74) is 10.6. The molecule has 1 aromatic heterocycles. The summed E-state index contributed by atoms with van der Waals surface area (Å²) in [6.45, 7) is 4.00. The third kappa shape index (κ3) is 4.61. The van der Waals surface area contributed by atoms with Gasteiger partial charge in [0.1, 0.15) is 0 Å². The number of carboxylic acids is 1. The Morgan fingerprint density at radius 3 is 2.47 bits per heavy atom. The highest BCUT2D eigenvalue weighted by Crippen LogP contribution is 2.11. The number of aromatic carboxylic acids is 1. The Hall–Kier alpha value is -2.11. The van der Waals surface area contributed by atoms with Crippen LogP contribution in [0.3, 0.4) is 0 Å². The number of nitrogens with two attached hydrogens (primary N) is 2. The topological polar surface area (TPSA) is 115 Å². The van der Waals surface area contributed by atoms with E-state index >= 15 is 0 Å². The van der Waals surface area contributed by atoms with E-state index in [2.05, 4.69) is 9.98 Å². The second-order valence-electron chi connectivity index (χ2n) is 2.27. The predicted octanol–water partition coefficient (Wildman–Crippen LogP) is 0.711. The molecule has 0 atom stereocenters. The van der Waals surface area contributed by atoms with Crippen LogP contribution in [0.15, 0.2) is 23.5 Å². The number of hydrogen-bond donors (Lipinski definition) is 3. The highest BCUT2D eigenvalue weighted by Gasteiger charge is 2.02. The van der Waals surface area contributed by atoms with E-state index in [9.17, 15) is 4.79 Å². The number of carbonyl (C=O) groups is 1. The van der Waals surface area contributed by atoms with Gasteiger partial charge < -0.3 is 16.6 Å². The lowest BCUT2D eigenvalue weighted by Crippen LogP contribution is -2.21. The number of nitrogens with zero attached hydrogens (tertiary/aromatic N) is 2. The standard InChI is InChI=1S/C7H8N4O2.C2H6/c8-7(9)11-5-1-4(6(12)13)2-10-3-5;1-2/h1-3H,(H,12,13)(H4,8,9,11);1-2H3. The minimum Gasteiger partial charge on any atom is -0.478 e. The summed E-state index contributed by atoms with van der Waals surface area (Å²) in [4.78, 5) is 17.8. The quantitative estimate of drug-likeness (QED) is 0.491. The van der Waals surface area contributed by atoms with Gasteiger partial charge in [-0.25, -0.2) is 9.79 Å². The second-order valence-corrected chi connectivity index (χ2v) is 2.27. The van der Waals surface area contributed by atoms with Crippen molar-refractivity contribution in [2.75, 3.05) is 0 Å². The van der Waals surface area contributed by atoms with Gasteiger partial charge in [-0.3, -0.25) is 4.98 Å². The van der Waals surface area contributed by atoms with E-state index in [0.717, 1.165) is 0 Å². The van der Waals surface area contributed by atoms with Crippen LogP contribution in [0.25, 0.3) is 0 Å². The van der Waals surface area contributed by atoms with Crippen molar-refractivity contribution in [1.29, 1.82) is 0 Å². The van der Waals surface area contributed by atoms with Crippen molar-refractivity contribution in [2.45, 2.75) is 13.8 Å². The number of hydrogen-bond acceptors (Lipinski definition) is 3. The lowest BCUT2D eigenvalue weighted by atomic mass is 10.3. The number of aromatic nitrogens is 1. The molecule has 1 rings (SSSR count). The maximum atomic E-state index is 10.5. The molecule has 0 bridgehead atoms. The van der Waals surface area contributed by atoms with E-state index in [-0.39, 0.29) is 11.5 Å². The number of rotatable bonds is 2. The van der Waals surface area contributed by atoms with Crippen molar-refractivity contribution in [3.05, 3.63) is 24.0 Å². The molecule has 0 saturated heterocycles. The van der Waals surface area contributed by atoms with Gasteiger partial charge in [-0.2, -0.15) is 0 Å². The van der Waals surface area contributed by atoms with Gasteiger partial charge in [0.25, 0.3) is 0 Å². The van der Waals surface area contributed by atoms with E-state index in [0.29, 0.717) is 5.69 Å². The minimum absolute atomic E-state index is 0.0440. The summed E-state index contributed by atoms with van der Waals surface area (Å²) in [5, 5.41) is 8.59. The molecule has 0 amide bonds. The van der Waals surface area contributed by atoms with Gasteiger partial charge in [0.2, 0.25) is 0 Å². The zero-order chi connectivity index (χ0) is 11.8. The normalized spacial score (nSPS) is 8.40. The fourth-order valence-electron chi connectivity index (χ4n) is 0.755. The molecule has 6 nitrogen and oxygen atoms in total. The summed E-state index contributed by atoms with van der Waals surface area (Å²) in [6.07, 6.45) is 2.58. The van der Waals surface area contributed by atoms with Gasteiger partial charge >= 0.3 is 5.97 Å². The number of pyridine rings is 1. The summed E-state index contributed by atoms with van der Waals surface area (Å²) in [5.74, 6) is -1.20. The molecule has 0 aliphatic rings. The Morgan fingerprint density at radius 1 is 1.40 bits per heavy atom. The Bertz CT molecular complexity index is 359. The molecular formula is C9H14N4O2. The van der Waals surface area contributed by atoms with Crippen molar-refractivity contribution in [3.63, 3.8) is 0 Å². The van der Waals surface area contributed by atoms with Gasteiger partial charge in [-0.05, 0) is 6.07 Å². The molecule has 0 aromatic carbocycles. The summed E-state index contributed by atoms with van der Waals surface area (Å²) >= 11 is 0. The van der Waals surface area contributed by atoms with Crippen LogP contribution in [0.2, 0.25) is 0 Å². The molecular weight excluding hydrogens is 196 g/mol. The predicted molar refractivity (Wildman–Crippen MR) is 58.0 cm³/mol. The molecule has 0 saturated carbocycles. The first-order chi connectivity index (χ1) is 7.09. The van der Waals surface area contributed by atoms with E-state index in [1.807, 2.05) is 13.8 Å². The third-order valence-electron chi connectivity index (χ3n) is 1.23. The Morgan fingerprint density at radius 2 is 2.00 bits per heavy atom. The van der Waals surface area contributed by atoms with E-state index < -0.39 is 5.97 Å². The van der Waals surface area contributed by atoms with Gasteiger partial charge in [-0.1, -0.05) is 13.8 Å².